The number of urea groups is 1. The van der Waals surface area contributed by atoms with Gasteiger partial charge in [-0.15, -0.1) is 0 Å². The molecule has 0 aromatic carbocycles. The Bertz CT molecular complexity index is 641. The maximum absolute atomic E-state index is 12.5. The molecule has 2 saturated heterocycles. The molecule has 0 spiro atoms. The van der Waals surface area contributed by atoms with Gasteiger partial charge in [0, 0.05) is 6.04 Å². The summed E-state index contributed by atoms with van der Waals surface area (Å²) in [5, 5.41) is 5.30. The predicted molar refractivity (Wildman–Crippen MR) is 85.8 cm³/mol. The molecule has 3 fully saturated rings. The monoisotopic (exact) mass is 357 g/mol. The van der Waals surface area contributed by atoms with Crippen molar-refractivity contribution in [3.8, 4) is 0 Å². The molecule has 2 aliphatic heterocycles. The van der Waals surface area contributed by atoms with E-state index in [0.717, 1.165) is 37.0 Å². The van der Waals surface area contributed by atoms with Crippen molar-refractivity contribution >= 4 is 27.7 Å². The van der Waals surface area contributed by atoms with Crippen molar-refractivity contribution in [1.82, 2.24) is 15.5 Å². The van der Waals surface area contributed by atoms with Crippen LogP contribution in [0.3, 0.4) is 0 Å². The number of sulfone groups is 1. The molecular formula is C15H23N3O5S. The zero-order valence-corrected chi connectivity index (χ0v) is 14.3. The van der Waals surface area contributed by atoms with E-state index in [1.165, 1.54) is 0 Å². The fourth-order valence-electron chi connectivity index (χ4n) is 3.80. The number of carbonyl (C=O) groups excluding carboxylic acids is 3. The number of rotatable bonds is 4. The lowest BCUT2D eigenvalue weighted by Gasteiger charge is -2.25. The van der Waals surface area contributed by atoms with E-state index in [1.54, 1.807) is 0 Å². The van der Waals surface area contributed by atoms with Crippen LogP contribution in [0.4, 0.5) is 4.79 Å². The summed E-state index contributed by atoms with van der Waals surface area (Å²) in [6.07, 6.45) is 5.47. The zero-order valence-electron chi connectivity index (χ0n) is 13.5. The largest absolute Gasteiger partial charge is 0.351 e. The molecule has 2 N–H and O–H groups in total. The van der Waals surface area contributed by atoms with Crippen molar-refractivity contribution in [2.75, 3.05) is 18.1 Å². The van der Waals surface area contributed by atoms with Gasteiger partial charge in [-0.3, -0.25) is 14.5 Å². The van der Waals surface area contributed by atoms with Crippen LogP contribution in [0, 0.1) is 5.92 Å². The number of amides is 4. The molecule has 0 aromatic heterocycles. The second-order valence-electron chi connectivity index (χ2n) is 6.92. The lowest BCUT2D eigenvalue weighted by molar-refractivity contribution is -0.133. The highest BCUT2D eigenvalue weighted by atomic mass is 32.2. The van der Waals surface area contributed by atoms with E-state index in [4.69, 9.17) is 0 Å². The average molecular weight is 357 g/mol. The van der Waals surface area contributed by atoms with Gasteiger partial charge >= 0.3 is 6.03 Å². The third-order valence-corrected chi connectivity index (χ3v) is 6.84. The van der Waals surface area contributed by atoms with Crippen LogP contribution in [0.5, 0.6) is 0 Å². The van der Waals surface area contributed by atoms with Gasteiger partial charge in [-0.05, 0) is 25.2 Å². The summed E-state index contributed by atoms with van der Waals surface area (Å²) in [7, 11) is -3.09. The van der Waals surface area contributed by atoms with E-state index in [1.807, 2.05) is 0 Å². The maximum Gasteiger partial charge on any atom is 0.325 e. The predicted octanol–water partition coefficient (Wildman–Crippen LogP) is -0.210. The van der Waals surface area contributed by atoms with Crippen molar-refractivity contribution in [3.63, 3.8) is 0 Å². The molecule has 2 heterocycles. The topological polar surface area (TPSA) is 113 Å². The number of nitrogens with zero attached hydrogens (tertiary/aromatic N) is 1. The van der Waals surface area contributed by atoms with Crippen LogP contribution < -0.4 is 10.6 Å². The molecule has 1 saturated carbocycles. The smallest absolute Gasteiger partial charge is 0.325 e. The Morgan fingerprint density at radius 2 is 1.88 bits per heavy atom. The standard InChI is InChI=1S/C15H23N3O5S/c19-12(16-11-6-7-24(22,23)9-11)8-18-14(20)13(17-15(18)21)10-4-2-1-3-5-10/h10-11,13H,1-9H2,(H,16,19)(H,17,21)/t11-,13+/m0/s1. The molecule has 9 heteroatoms. The Kier molecular flexibility index (Phi) is 4.80. The van der Waals surface area contributed by atoms with E-state index >= 15 is 0 Å². The van der Waals surface area contributed by atoms with Gasteiger partial charge in [-0.2, -0.15) is 0 Å². The molecular weight excluding hydrogens is 334 g/mol. The lowest BCUT2D eigenvalue weighted by atomic mass is 9.84. The quantitative estimate of drug-likeness (QED) is 0.676. The minimum absolute atomic E-state index is 0.0603. The summed E-state index contributed by atoms with van der Waals surface area (Å²) in [6.45, 7) is -0.357. The van der Waals surface area contributed by atoms with Crippen molar-refractivity contribution in [3.05, 3.63) is 0 Å². The van der Waals surface area contributed by atoms with Crippen LogP contribution in [0.1, 0.15) is 38.5 Å². The first-order valence-corrected chi connectivity index (χ1v) is 10.3. The van der Waals surface area contributed by atoms with Crippen LogP contribution in [0.2, 0.25) is 0 Å². The molecule has 134 valence electrons. The zero-order chi connectivity index (χ0) is 17.3. The van der Waals surface area contributed by atoms with Crippen LogP contribution in [0.15, 0.2) is 0 Å². The summed E-state index contributed by atoms with van der Waals surface area (Å²) < 4.78 is 22.8. The number of carbonyl (C=O) groups is 3. The first-order valence-electron chi connectivity index (χ1n) is 8.47. The van der Waals surface area contributed by atoms with Gasteiger partial charge in [0.2, 0.25) is 5.91 Å². The normalized spacial score (nSPS) is 30.4. The fraction of sp³-hybridized carbons (Fsp3) is 0.800. The third kappa shape index (κ3) is 3.71. The maximum atomic E-state index is 12.5. The second kappa shape index (κ2) is 6.70. The first-order chi connectivity index (χ1) is 11.4. The summed E-state index contributed by atoms with van der Waals surface area (Å²) in [5.41, 5.74) is 0. The molecule has 24 heavy (non-hydrogen) atoms. The highest BCUT2D eigenvalue weighted by Crippen LogP contribution is 2.29. The molecule has 4 amide bonds. The highest BCUT2D eigenvalue weighted by molar-refractivity contribution is 7.91. The summed E-state index contributed by atoms with van der Waals surface area (Å²) >= 11 is 0. The Morgan fingerprint density at radius 3 is 2.50 bits per heavy atom. The Hall–Kier alpha value is -1.64. The average Bonchev–Trinajstić information content (AvgIpc) is 3.01. The van der Waals surface area contributed by atoms with E-state index < -0.39 is 33.9 Å². The number of hydrogen-bond donors (Lipinski definition) is 2. The summed E-state index contributed by atoms with van der Waals surface area (Å²) in [4.78, 5) is 37.5. The van der Waals surface area contributed by atoms with Gasteiger partial charge in [-0.25, -0.2) is 13.2 Å². The molecule has 2 atom stereocenters. The SMILES string of the molecule is O=C(CN1C(=O)N[C@H](C2CCCCC2)C1=O)N[C@H]1CCS(=O)(=O)C1. The Labute approximate surface area is 141 Å². The third-order valence-electron chi connectivity index (χ3n) is 5.08. The van der Waals surface area contributed by atoms with Crippen LogP contribution in [-0.2, 0) is 19.4 Å². The molecule has 3 aliphatic rings. The van der Waals surface area contributed by atoms with Crippen LogP contribution in [0.25, 0.3) is 0 Å². The van der Waals surface area contributed by atoms with E-state index in [2.05, 4.69) is 10.6 Å². The Balaban J connectivity index is 1.55. The molecule has 8 nitrogen and oxygen atoms in total. The molecule has 3 rings (SSSR count). The van der Waals surface area contributed by atoms with Gasteiger partial charge in [0.25, 0.3) is 5.91 Å². The fourth-order valence-corrected chi connectivity index (χ4v) is 5.48. The van der Waals surface area contributed by atoms with Gasteiger partial charge < -0.3 is 10.6 Å². The van der Waals surface area contributed by atoms with Crippen LogP contribution in [-0.4, -0.2) is 61.3 Å². The van der Waals surface area contributed by atoms with Crippen molar-refractivity contribution in [1.29, 1.82) is 0 Å². The minimum Gasteiger partial charge on any atom is -0.351 e. The van der Waals surface area contributed by atoms with Crippen molar-refractivity contribution < 1.29 is 22.8 Å². The molecule has 0 bridgehead atoms. The highest BCUT2D eigenvalue weighted by Gasteiger charge is 2.43. The minimum atomic E-state index is -3.09. The van der Waals surface area contributed by atoms with Gasteiger partial charge in [0.1, 0.15) is 12.6 Å². The second-order valence-corrected chi connectivity index (χ2v) is 9.15. The van der Waals surface area contributed by atoms with E-state index in [9.17, 15) is 22.8 Å². The van der Waals surface area contributed by atoms with Gasteiger partial charge in [-0.1, -0.05) is 19.3 Å². The van der Waals surface area contributed by atoms with Crippen LogP contribution >= 0.6 is 0 Å². The molecule has 0 radical (unpaired) electrons. The summed E-state index contributed by atoms with van der Waals surface area (Å²) in [5.74, 6) is -0.719. The lowest BCUT2D eigenvalue weighted by Crippen LogP contribution is -2.45. The number of hydrogen-bond acceptors (Lipinski definition) is 5. The molecule has 1 aliphatic carbocycles. The van der Waals surface area contributed by atoms with Crippen molar-refractivity contribution in [2.45, 2.75) is 50.6 Å². The summed E-state index contributed by atoms with van der Waals surface area (Å²) in [6, 6.07) is -1.50. The van der Waals surface area contributed by atoms with Crippen molar-refractivity contribution in [2.24, 2.45) is 5.92 Å². The number of nitrogens with one attached hydrogen (secondary N) is 2. The first kappa shape index (κ1) is 17.2. The van der Waals surface area contributed by atoms with E-state index in [-0.39, 0.29) is 29.9 Å². The van der Waals surface area contributed by atoms with E-state index in [0.29, 0.717) is 6.42 Å². The van der Waals surface area contributed by atoms with Gasteiger partial charge in [0.15, 0.2) is 9.84 Å². The molecule has 0 aromatic rings. The molecule has 0 unspecified atom stereocenters. The van der Waals surface area contributed by atoms with Gasteiger partial charge in [0.05, 0.1) is 11.5 Å². The Morgan fingerprint density at radius 1 is 1.17 bits per heavy atom. The number of imide groups is 1.